The number of aromatic nitrogens is 2. The predicted molar refractivity (Wildman–Crippen MR) is 172 cm³/mol. The van der Waals surface area contributed by atoms with Crippen LogP contribution < -0.4 is 20.6 Å². The van der Waals surface area contributed by atoms with Crippen molar-refractivity contribution in [2.45, 2.75) is 51.8 Å². The van der Waals surface area contributed by atoms with Gasteiger partial charge in [-0.15, -0.1) is 0 Å². The predicted octanol–water partition coefficient (Wildman–Crippen LogP) is 5.64. The van der Waals surface area contributed by atoms with E-state index in [2.05, 4.69) is 101 Å². The summed E-state index contributed by atoms with van der Waals surface area (Å²) >= 11 is 0. The van der Waals surface area contributed by atoms with Crippen LogP contribution in [0.4, 0.5) is 10.5 Å². The SMILES string of the molecule is Cc1ccc(C)n1-c1noc2c(N3C[C@H](NC(=O)O)[C@@H](O[Si](c4ccccc4)(c4ccccc4)C(C)(C)C)C3)cccc12. The molecule has 0 aliphatic carbocycles. The number of benzene rings is 3. The molecule has 0 bridgehead atoms. The number of amides is 1. The summed E-state index contributed by atoms with van der Waals surface area (Å²) in [6.07, 6.45) is -1.48. The van der Waals surface area contributed by atoms with Gasteiger partial charge in [0, 0.05) is 24.5 Å². The molecule has 8 nitrogen and oxygen atoms in total. The second-order valence-electron chi connectivity index (χ2n) is 12.4. The van der Waals surface area contributed by atoms with Crippen LogP contribution >= 0.6 is 0 Å². The molecule has 6 rings (SSSR count). The fourth-order valence-corrected chi connectivity index (χ4v) is 11.4. The maximum Gasteiger partial charge on any atom is 0.405 e. The van der Waals surface area contributed by atoms with Crippen LogP contribution in [-0.2, 0) is 4.43 Å². The Morgan fingerprint density at radius 1 is 0.907 bits per heavy atom. The first kappa shape index (κ1) is 28.8. The quantitative estimate of drug-likeness (QED) is 0.237. The standard InChI is InChI=1S/C34H38N4O4Si/c1-23-19-20-24(2)38(23)32-27-17-12-18-29(31(27)41-36-32)37-21-28(35-33(39)40)30(22-37)42-43(34(3,4)5,25-13-8-6-9-14-25)26-15-10-7-11-16-26/h6-20,28,30,35H,21-22H2,1-5H3,(H,39,40)/t28-,30-/m0/s1. The zero-order valence-corrected chi connectivity index (χ0v) is 26.2. The van der Waals surface area contributed by atoms with E-state index in [-0.39, 0.29) is 5.04 Å². The lowest BCUT2D eigenvalue weighted by Gasteiger charge is -2.45. The normalized spacial score (nSPS) is 17.5. The van der Waals surface area contributed by atoms with Gasteiger partial charge in [-0.3, -0.25) is 4.57 Å². The molecular formula is C34H38N4O4Si. The molecule has 2 aromatic heterocycles. The molecule has 43 heavy (non-hydrogen) atoms. The lowest BCUT2D eigenvalue weighted by Crippen LogP contribution is -2.69. The molecule has 0 saturated carbocycles. The highest BCUT2D eigenvalue weighted by molar-refractivity contribution is 6.99. The number of hydrogen-bond acceptors (Lipinski definition) is 5. The van der Waals surface area contributed by atoms with Crippen molar-refractivity contribution in [1.29, 1.82) is 0 Å². The first-order chi connectivity index (χ1) is 20.6. The third kappa shape index (κ3) is 5.02. The van der Waals surface area contributed by atoms with Crippen molar-refractivity contribution < 1.29 is 18.9 Å². The number of nitrogens with zero attached hydrogens (tertiary/aromatic N) is 3. The lowest BCUT2D eigenvalue weighted by atomic mass is 10.2. The number of anilines is 1. The monoisotopic (exact) mass is 594 g/mol. The number of hydrogen-bond donors (Lipinski definition) is 2. The average Bonchev–Trinajstić information content (AvgIpc) is 3.68. The zero-order chi connectivity index (χ0) is 30.4. The highest BCUT2D eigenvalue weighted by Gasteiger charge is 2.53. The van der Waals surface area contributed by atoms with Crippen molar-refractivity contribution in [1.82, 2.24) is 15.0 Å². The molecule has 1 amide bonds. The zero-order valence-electron chi connectivity index (χ0n) is 25.2. The summed E-state index contributed by atoms with van der Waals surface area (Å²) in [5.41, 5.74) is 3.68. The molecule has 2 N–H and O–H groups in total. The van der Waals surface area contributed by atoms with Crippen molar-refractivity contribution in [3.8, 4) is 5.82 Å². The fourth-order valence-electron chi connectivity index (χ4n) is 6.65. The Morgan fingerprint density at radius 3 is 2.07 bits per heavy atom. The highest BCUT2D eigenvalue weighted by Crippen LogP contribution is 2.40. The van der Waals surface area contributed by atoms with E-state index in [9.17, 15) is 9.90 Å². The van der Waals surface area contributed by atoms with Gasteiger partial charge in [-0.2, -0.15) is 0 Å². The Bertz CT molecular complexity index is 1680. The van der Waals surface area contributed by atoms with Crippen molar-refractivity contribution >= 4 is 41.4 Å². The Morgan fingerprint density at radius 2 is 1.51 bits per heavy atom. The van der Waals surface area contributed by atoms with E-state index in [0.717, 1.165) is 38.7 Å². The van der Waals surface area contributed by atoms with E-state index in [0.29, 0.717) is 18.7 Å². The van der Waals surface area contributed by atoms with Gasteiger partial charge in [-0.25, -0.2) is 4.79 Å². The number of carboxylic acid groups (broad SMARTS) is 1. The smallest absolute Gasteiger partial charge is 0.405 e. The van der Waals surface area contributed by atoms with Gasteiger partial charge in [0.2, 0.25) is 0 Å². The molecule has 1 saturated heterocycles. The van der Waals surface area contributed by atoms with Crippen LogP contribution in [-0.4, -0.2) is 54.5 Å². The Kier molecular flexibility index (Phi) is 7.39. The maximum atomic E-state index is 12.1. The molecule has 1 aliphatic rings. The highest BCUT2D eigenvalue weighted by atomic mass is 28.4. The van der Waals surface area contributed by atoms with Gasteiger partial charge >= 0.3 is 6.09 Å². The topological polar surface area (TPSA) is 92.8 Å². The Labute approximate surface area is 253 Å². The van der Waals surface area contributed by atoms with Crippen molar-refractivity contribution in [2.24, 2.45) is 0 Å². The molecule has 9 heteroatoms. The number of nitrogens with one attached hydrogen (secondary N) is 1. The Hall–Kier alpha value is -4.34. The summed E-state index contributed by atoms with van der Waals surface area (Å²) in [6.45, 7) is 11.7. The average molecular weight is 595 g/mol. The molecule has 0 radical (unpaired) electrons. The Balaban J connectivity index is 1.43. The van der Waals surface area contributed by atoms with Crippen LogP contribution in [0.5, 0.6) is 0 Å². The van der Waals surface area contributed by atoms with Gasteiger partial charge in [0.25, 0.3) is 8.32 Å². The fraction of sp³-hybridized carbons (Fsp3) is 0.294. The molecule has 1 aliphatic heterocycles. The maximum absolute atomic E-state index is 12.1. The first-order valence-corrected chi connectivity index (χ1v) is 16.6. The van der Waals surface area contributed by atoms with Gasteiger partial charge in [-0.1, -0.05) is 92.7 Å². The summed E-state index contributed by atoms with van der Waals surface area (Å²) in [4.78, 5) is 14.2. The van der Waals surface area contributed by atoms with E-state index in [1.807, 2.05) is 44.2 Å². The van der Waals surface area contributed by atoms with Crippen LogP contribution in [0.15, 0.2) is 95.5 Å². The van der Waals surface area contributed by atoms with E-state index < -0.39 is 26.6 Å². The molecule has 3 aromatic carbocycles. The second kappa shape index (κ2) is 11.1. The van der Waals surface area contributed by atoms with E-state index in [1.165, 1.54) is 0 Å². The van der Waals surface area contributed by atoms with Gasteiger partial charge < -0.3 is 24.3 Å². The number of aryl methyl sites for hydroxylation is 2. The van der Waals surface area contributed by atoms with E-state index >= 15 is 0 Å². The third-order valence-corrected chi connectivity index (χ3v) is 13.7. The van der Waals surface area contributed by atoms with Crippen molar-refractivity contribution in [3.63, 3.8) is 0 Å². The van der Waals surface area contributed by atoms with E-state index in [1.54, 1.807) is 0 Å². The minimum absolute atomic E-state index is 0.247. The van der Waals surface area contributed by atoms with E-state index in [4.69, 9.17) is 8.95 Å². The minimum Gasteiger partial charge on any atom is -0.465 e. The van der Waals surface area contributed by atoms with Crippen LogP contribution in [0, 0.1) is 13.8 Å². The molecule has 0 unspecified atom stereocenters. The lowest BCUT2D eigenvalue weighted by molar-refractivity contribution is 0.156. The summed E-state index contributed by atoms with van der Waals surface area (Å²) in [7, 11) is -2.94. The van der Waals surface area contributed by atoms with Gasteiger partial charge in [0.1, 0.15) is 0 Å². The third-order valence-electron chi connectivity index (χ3n) is 8.60. The van der Waals surface area contributed by atoms with Crippen molar-refractivity contribution in [2.75, 3.05) is 18.0 Å². The molecule has 2 atom stereocenters. The second-order valence-corrected chi connectivity index (χ2v) is 16.6. The minimum atomic E-state index is -2.94. The molecule has 3 heterocycles. The van der Waals surface area contributed by atoms with Crippen LogP contribution in [0.25, 0.3) is 16.8 Å². The molecule has 1 fully saturated rings. The molecule has 5 aromatic rings. The van der Waals surface area contributed by atoms with Gasteiger partial charge in [0.15, 0.2) is 11.4 Å². The number of carbonyl (C=O) groups is 1. The molecular weight excluding hydrogens is 556 g/mol. The van der Waals surface area contributed by atoms with Crippen molar-refractivity contribution in [3.05, 3.63) is 102 Å². The molecule has 222 valence electrons. The number of rotatable bonds is 7. The summed E-state index contributed by atoms with van der Waals surface area (Å²) in [5.74, 6) is 0.747. The number of para-hydroxylation sites is 1. The largest absolute Gasteiger partial charge is 0.465 e. The van der Waals surface area contributed by atoms with Gasteiger partial charge in [0.05, 0.1) is 23.2 Å². The molecule has 0 spiro atoms. The van der Waals surface area contributed by atoms with Gasteiger partial charge in [-0.05, 0) is 53.5 Å². The summed E-state index contributed by atoms with van der Waals surface area (Å²) in [6, 6.07) is 30.6. The summed E-state index contributed by atoms with van der Waals surface area (Å²) < 4.78 is 15.5. The first-order valence-electron chi connectivity index (χ1n) is 14.7. The van der Waals surface area contributed by atoms with Crippen LogP contribution in [0.3, 0.4) is 0 Å². The summed E-state index contributed by atoms with van der Waals surface area (Å²) in [5, 5.41) is 20.1. The van der Waals surface area contributed by atoms with Crippen LogP contribution in [0.1, 0.15) is 32.2 Å². The number of fused-ring (bicyclic) bond motifs is 1. The van der Waals surface area contributed by atoms with Crippen LogP contribution in [0.2, 0.25) is 5.04 Å².